The van der Waals surface area contributed by atoms with E-state index in [9.17, 15) is 0 Å². The SMILES string of the molecule is CCO[Si](CCc1cc(C)cc(-c2nc3ccccc3s2)c1SSc1c(CC[Si](OCC)(OCC)OCC)cc(C)cc1-c1nc2ccccc2s1)(OCC)OCC. The summed E-state index contributed by atoms with van der Waals surface area (Å²) in [5, 5.41) is 2.02. The van der Waals surface area contributed by atoms with E-state index >= 15 is 0 Å². The van der Waals surface area contributed by atoms with E-state index in [1.807, 2.05) is 41.5 Å². The highest BCUT2D eigenvalue weighted by molar-refractivity contribution is 8.76. The summed E-state index contributed by atoms with van der Waals surface area (Å²) in [6, 6.07) is 27.3. The van der Waals surface area contributed by atoms with Crippen LogP contribution in [-0.4, -0.2) is 67.2 Å². The Balaban J connectivity index is 1.48. The summed E-state index contributed by atoms with van der Waals surface area (Å²) in [5.74, 6) is 0. The van der Waals surface area contributed by atoms with Crippen molar-refractivity contribution in [3.8, 4) is 21.1 Å². The monoisotopic (exact) mass is 892 g/mol. The fourth-order valence-electron chi connectivity index (χ4n) is 7.22. The molecule has 0 N–H and O–H groups in total. The standard InChI is InChI=1S/C44H56N2O6S4Si2/c1-9-47-57(48-10-2,49-11-3)25-23-33-27-31(7)29-35(43-45-37-19-15-17-21-39(37)53-43)41(33)55-56-42-34(24-26-58(50-12-4,51-13-5)52-14-6)28-32(8)30-36(42)44-46-38-20-16-18-22-40(38)54-44/h15-22,27-30H,9-14,23-26H2,1-8H3. The lowest BCUT2D eigenvalue weighted by atomic mass is 10.0. The molecule has 310 valence electrons. The first-order valence-electron chi connectivity index (χ1n) is 20.4. The molecule has 58 heavy (non-hydrogen) atoms. The Labute approximate surface area is 362 Å². The summed E-state index contributed by atoms with van der Waals surface area (Å²) in [7, 11) is -2.26. The van der Waals surface area contributed by atoms with Crippen molar-refractivity contribution >= 4 is 82.3 Å². The second-order valence-electron chi connectivity index (χ2n) is 13.7. The van der Waals surface area contributed by atoms with Gasteiger partial charge in [0.25, 0.3) is 0 Å². The molecule has 0 bridgehead atoms. The van der Waals surface area contributed by atoms with Crippen LogP contribution in [0.15, 0.2) is 82.6 Å². The summed E-state index contributed by atoms with van der Waals surface area (Å²) in [5.41, 5.74) is 9.12. The fraction of sp³-hybridized carbons (Fsp3) is 0.409. The van der Waals surface area contributed by atoms with Gasteiger partial charge in [-0.15, -0.1) is 22.7 Å². The zero-order valence-corrected chi connectivity index (χ0v) is 40.2. The van der Waals surface area contributed by atoms with E-state index in [-0.39, 0.29) is 0 Å². The predicted octanol–water partition coefficient (Wildman–Crippen LogP) is 12.8. The zero-order chi connectivity index (χ0) is 41.1. The quantitative estimate of drug-likeness (QED) is 0.0458. The lowest BCUT2D eigenvalue weighted by Crippen LogP contribution is -2.46. The predicted molar refractivity (Wildman–Crippen MR) is 250 cm³/mol. The number of hydrogen-bond acceptors (Lipinski definition) is 12. The molecule has 0 aliphatic carbocycles. The van der Waals surface area contributed by atoms with Gasteiger partial charge < -0.3 is 26.6 Å². The number of benzene rings is 4. The van der Waals surface area contributed by atoms with Crippen LogP contribution in [0.5, 0.6) is 0 Å². The molecule has 2 aromatic heterocycles. The van der Waals surface area contributed by atoms with Crippen LogP contribution < -0.4 is 0 Å². The highest BCUT2D eigenvalue weighted by Gasteiger charge is 2.41. The first-order chi connectivity index (χ1) is 28.2. The molecule has 0 unspecified atom stereocenters. The molecule has 0 atom stereocenters. The van der Waals surface area contributed by atoms with Crippen LogP contribution >= 0.6 is 44.3 Å². The number of fused-ring (bicyclic) bond motifs is 2. The van der Waals surface area contributed by atoms with Crippen molar-refractivity contribution in [2.45, 2.75) is 90.1 Å². The largest absolute Gasteiger partial charge is 0.501 e. The molecule has 8 nitrogen and oxygen atoms in total. The van der Waals surface area contributed by atoms with Gasteiger partial charge in [0.1, 0.15) is 10.0 Å². The van der Waals surface area contributed by atoms with Crippen molar-refractivity contribution in [1.82, 2.24) is 9.97 Å². The number of nitrogens with zero attached hydrogens (tertiary/aromatic N) is 2. The van der Waals surface area contributed by atoms with Crippen LogP contribution in [0.3, 0.4) is 0 Å². The van der Waals surface area contributed by atoms with E-state index in [2.05, 4.69) is 86.6 Å². The van der Waals surface area contributed by atoms with Crippen LogP contribution in [-0.2, 0) is 39.4 Å². The zero-order valence-electron chi connectivity index (χ0n) is 35.0. The van der Waals surface area contributed by atoms with Gasteiger partial charge in [-0.1, -0.05) is 69.1 Å². The Morgan fingerprint density at radius 2 is 0.845 bits per heavy atom. The summed E-state index contributed by atoms with van der Waals surface area (Å²) in [6.07, 6.45) is 1.48. The van der Waals surface area contributed by atoms with E-state index in [0.29, 0.717) is 51.7 Å². The molecule has 0 fully saturated rings. The van der Waals surface area contributed by atoms with E-state index in [0.717, 1.165) is 45.0 Å². The number of para-hydroxylation sites is 2. The Kier molecular flexibility index (Phi) is 16.6. The molecule has 0 spiro atoms. The number of aromatic nitrogens is 2. The average molecular weight is 893 g/mol. The van der Waals surface area contributed by atoms with Gasteiger partial charge in [0.15, 0.2) is 0 Å². The smallest absolute Gasteiger partial charge is 0.374 e. The van der Waals surface area contributed by atoms with Gasteiger partial charge in [-0.25, -0.2) is 9.97 Å². The van der Waals surface area contributed by atoms with Crippen LogP contribution in [0.1, 0.15) is 63.8 Å². The number of hydrogen-bond donors (Lipinski definition) is 0. The summed E-state index contributed by atoms with van der Waals surface area (Å²) < 4.78 is 40.4. The fourth-order valence-corrected chi connectivity index (χ4v) is 17.4. The average Bonchev–Trinajstić information content (AvgIpc) is 3.85. The molecule has 0 saturated carbocycles. The third-order valence-corrected chi connectivity index (χ3v) is 20.3. The van der Waals surface area contributed by atoms with Gasteiger partial charge >= 0.3 is 17.6 Å². The summed E-state index contributed by atoms with van der Waals surface area (Å²) in [6.45, 7) is 19.7. The van der Waals surface area contributed by atoms with Crippen molar-refractivity contribution in [3.05, 3.63) is 95.1 Å². The van der Waals surface area contributed by atoms with Gasteiger partial charge in [0.05, 0.1) is 20.4 Å². The van der Waals surface area contributed by atoms with Gasteiger partial charge in [-0.05, 0) is 116 Å². The van der Waals surface area contributed by atoms with Crippen LogP contribution in [0.2, 0.25) is 12.1 Å². The molecule has 6 aromatic rings. The minimum Gasteiger partial charge on any atom is -0.374 e. The molecule has 4 aromatic carbocycles. The number of aryl methyl sites for hydroxylation is 4. The molecular weight excluding hydrogens is 837 g/mol. The minimum absolute atomic E-state index is 0.541. The van der Waals surface area contributed by atoms with Crippen molar-refractivity contribution in [1.29, 1.82) is 0 Å². The van der Waals surface area contributed by atoms with Gasteiger partial charge in [0.2, 0.25) is 0 Å². The van der Waals surface area contributed by atoms with Crippen LogP contribution in [0, 0.1) is 13.8 Å². The Hall–Kier alpha value is -2.45. The van der Waals surface area contributed by atoms with Gasteiger partial charge in [-0.2, -0.15) is 0 Å². The van der Waals surface area contributed by atoms with E-state index in [4.69, 9.17) is 36.5 Å². The maximum absolute atomic E-state index is 6.35. The van der Waals surface area contributed by atoms with Gasteiger partial charge in [-0.3, -0.25) is 0 Å². The number of rotatable bonds is 23. The van der Waals surface area contributed by atoms with E-state index < -0.39 is 17.6 Å². The van der Waals surface area contributed by atoms with Crippen molar-refractivity contribution in [2.75, 3.05) is 39.6 Å². The van der Waals surface area contributed by atoms with Crippen LogP contribution in [0.4, 0.5) is 0 Å². The molecule has 0 aliphatic heterocycles. The molecule has 0 aliphatic rings. The molecule has 6 rings (SSSR count). The van der Waals surface area contributed by atoms with Crippen molar-refractivity contribution in [2.24, 2.45) is 0 Å². The maximum atomic E-state index is 6.35. The second kappa shape index (κ2) is 21.4. The molecule has 14 heteroatoms. The molecule has 0 amide bonds. The molecular formula is C44H56N2O6S4Si2. The summed E-state index contributed by atoms with van der Waals surface area (Å²) >= 11 is 3.48. The number of thiazole rings is 2. The minimum atomic E-state index is -2.93. The summed E-state index contributed by atoms with van der Waals surface area (Å²) in [4.78, 5) is 12.8. The van der Waals surface area contributed by atoms with Crippen molar-refractivity contribution in [3.63, 3.8) is 0 Å². The normalized spacial score (nSPS) is 12.3. The topological polar surface area (TPSA) is 81.2 Å². The highest BCUT2D eigenvalue weighted by atomic mass is 33.1. The van der Waals surface area contributed by atoms with Crippen molar-refractivity contribution < 1.29 is 26.6 Å². The lowest BCUT2D eigenvalue weighted by molar-refractivity contribution is 0.0706. The Morgan fingerprint density at radius 3 is 1.17 bits per heavy atom. The Bertz CT molecular complexity index is 2010. The maximum Gasteiger partial charge on any atom is 0.501 e. The first kappa shape index (κ1) is 45.1. The molecule has 2 heterocycles. The molecule has 0 radical (unpaired) electrons. The lowest BCUT2D eigenvalue weighted by Gasteiger charge is -2.29. The highest BCUT2D eigenvalue weighted by Crippen LogP contribution is 2.51. The van der Waals surface area contributed by atoms with Gasteiger partial charge in [0, 0.05) is 72.6 Å². The van der Waals surface area contributed by atoms with Crippen LogP contribution in [0.25, 0.3) is 41.6 Å². The Morgan fingerprint density at radius 1 is 0.500 bits per heavy atom. The third kappa shape index (κ3) is 10.9. The molecule has 0 saturated heterocycles. The van der Waals surface area contributed by atoms with E-state index in [1.54, 1.807) is 44.3 Å². The first-order valence-corrected chi connectivity index (χ1v) is 28.0. The van der Waals surface area contributed by atoms with E-state index in [1.165, 1.54) is 41.4 Å². The second-order valence-corrected chi connectivity index (χ2v) is 23.4. The third-order valence-electron chi connectivity index (χ3n) is 9.46.